The fourth-order valence-corrected chi connectivity index (χ4v) is 3.06. The molecule has 0 radical (unpaired) electrons. The van der Waals surface area contributed by atoms with Gasteiger partial charge in [-0.15, -0.1) is 0 Å². The third-order valence-electron chi connectivity index (χ3n) is 4.15. The Bertz CT molecular complexity index is 766. The van der Waals surface area contributed by atoms with Crippen LogP contribution in [0.4, 0.5) is 5.69 Å². The summed E-state index contributed by atoms with van der Waals surface area (Å²) in [5.74, 6) is -0.147. The van der Waals surface area contributed by atoms with Gasteiger partial charge in [-0.3, -0.25) is 14.5 Å². The van der Waals surface area contributed by atoms with Crippen LogP contribution < -0.4 is 5.32 Å². The van der Waals surface area contributed by atoms with Gasteiger partial charge in [-0.2, -0.15) is 0 Å². The fourth-order valence-electron chi connectivity index (χ4n) is 2.94. The molecule has 5 nitrogen and oxygen atoms in total. The van der Waals surface area contributed by atoms with E-state index in [2.05, 4.69) is 16.8 Å². The van der Waals surface area contributed by atoms with Gasteiger partial charge in [-0.05, 0) is 58.2 Å². The molecule has 0 unspecified atom stereocenters. The number of carbonyl (C=O) groups is 2. The van der Waals surface area contributed by atoms with Crippen molar-refractivity contribution in [1.29, 1.82) is 0 Å². The maximum atomic E-state index is 12.5. The molecule has 0 aliphatic carbocycles. The number of likely N-dealkylation sites (N-methyl/N-ethyl adjacent to an activating group) is 1. The molecule has 134 valence electrons. The molecule has 6 heteroatoms. The lowest BCUT2D eigenvalue weighted by Gasteiger charge is -2.15. The van der Waals surface area contributed by atoms with Crippen molar-refractivity contribution in [2.24, 2.45) is 0 Å². The van der Waals surface area contributed by atoms with Crippen LogP contribution in [-0.2, 0) is 11.3 Å². The molecule has 0 fully saturated rings. The largest absolute Gasteiger partial charge is 0.349 e. The molecule has 0 atom stereocenters. The number of hydrogen-bond acceptors (Lipinski definition) is 3. The molecule has 0 saturated carbocycles. The van der Waals surface area contributed by atoms with Gasteiger partial charge in [-0.1, -0.05) is 11.6 Å². The van der Waals surface area contributed by atoms with Crippen molar-refractivity contribution in [2.45, 2.75) is 27.3 Å². The van der Waals surface area contributed by atoms with E-state index in [0.717, 1.165) is 23.5 Å². The van der Waals surface area contributed by atoms with Crippen LogP contribution in [0.3, 0.4) is 0 Å². The van der Waals surface area contributed by atoms with Crippen molar-refractivity contribution < 1.29 is 9.59 Å². The average molecular weight is 362 g/mol. The summed E-state index contributed by atoms with van der Waals surface area (Å²) in [5, 5.41) is 3.41. The minimum atomic E-state index is -0.170. The topological polar surface area (TPSA) is 54.3 Å². The van der Waals surface area contributed by atoms with Crippen molar-refractivity contribution in [2.75, 3.05) is 25.5 Å². The number of benzene rings is 1. The fraction of sp³-hybridized carbons (Fsp3) is 0.368. The highest BCUT2D eigenvalue weighted by atomic mass is 35.5. The van der Waals surface area contributed by atoms with Crippen LogP contribution in [0, 0.1) is 13.8 Å². The number of carbonyl (C=O) groups excluding carboxylic acids is 2. The van der Waals surface area contributed by atoms with E-state index in [-0.39, 0.29) is 24.8 Å². The predicted octanol–water partition coefficient (Wildman–Crippen LogP) is 3.53. The van der Waals surface area contributed by atoms with E-state index in [0.29, 0.717) is 10.7 Å². The van der Waals surface area contributed by atoms with Crippen LogP contribution >= 0.6 is 11.6 Å². The quantitative estimate of drug-likeness (QED) is 0.767. The molecule has 0 saturated heterocycles. The van der Waals surface area contributed by atoms with Crippen LogP contribution in [0.15, 0.2) is 30.3 Å². The average Bonchev–Trinajstić information content (AvgIpc) is 2.83. The Balaban J connectivity index is 1.93. The Kier molecular flexibility index (Phi) is 6.39. The summed E-state index contributed by atoms with van der Waals surface area (Å²) < 4.78 is 2.11. The summed E-state index contributed by atoms with van der Waals surface area (Å²) in [6.07, 6.45) is 0. The zero-order chi connectivity index (χ0) is 18.6. The maximum Gasteiger partial charge on any atom is 0.238 e. The van der Waals surface area contributed by atoms with Crippen molar-refractivity contribution in [1.82, 2.24) is 9.47 Å². The third kappa shape index (κ3) is 4.94. The summed E-state index contributed by atoms with van der Waals surface area (Å²) in [4.78, 5) is 26.3. The SMILES string of the molecule is CCn1c(C)cc(C(=O)CN(C)CC(=O)Nc2ccc(Cl)cc2)c1C. The van der Waals surface area contributed by atoms with Crippen LogP contribution in [-0.4, -0.2) is 41.3 Å². The number of nitrogens with one attached hydrogen (secondary N) is 1. The summed E-state index contributed by atoms with van der Waals surface area (Å²) >= 11 is 5.82. The first-order chi connectivity index (χ1) is 11.8. The van der Waals surface area contributed by atoms with E-state index in [1.165, 1.54) is 0 Å². The highest BCUT2D eigenvalue weighted by Gasteiger charge is 2.17. The molecule has 0 aliphatic rings. The first kappa shape index (κ1) is 19.2. The molecular formula is C19H24ClN3O2. The van der Waals surface area contributed by atoms with Crippen LogP contribution in [0.2, 0.25) is 5.02 Å². The van der Waals surface area contributed by atoms with Gasteiger partial charge in [-0.25, -0.2) is 0 Å². The minimum Gasteiger partial charge on any atom is -0.349 e. The second-order valence-corrected chi connectivity index (χ2v) is 6.62. The Morgan fingerprint density at radius 3 is 2.36 bits per heavy atom. The lowest BCUT2D eigenvalue weighted by molar-refractivity contribution is -0.116. The Labute approximate surface area is 153 Å². The van der Waals surface area contributed by atoms with E-state index >= 15 is 0 Å². The number of rotatable bonds is 7. The molecule has 1 amide bonds. The number of aromatic nitrogens is 1. The molecular weight excluding hydrogens is 338 g/mol. The molecule has 1 N–H and O–H groups in total. The molecule has 1 aromatic carbocycles. The van der Waals surface area contributed by atoms with Crippen molar-refractivity contribution in [3.63, 3.8) is 0 Å². The normalized spacial score (nSPS) is 11.0. The van der Waals surface area contributed by atoms with Gasteiger partial charge in [0.15, 0.2) is 5.78 Å². The molecule has 25 heavy (non-hydrogen) atoms. The summed E-state index contributed by atoms with van der Waals surface area (Å²) in [6.45, 7) is 7.18. The molecule has 2 rings (SSSR count). The van der Waals surface area contributed by atoms with E-state index in [1.807, 2.05) is 19.9 Å². The second kappa shape index (κ2) is 8.32. The Hall–Kier alpha value is -2.11. The Morgan fingerprint density at radius 1 is 1.16 bits per heavy atom. The van der Waals surface area contributed by atoms with Gasteiger partial charge in [0, 0.05) is 34.2 Å². The first-order valence-electron chi connectivity index (χ1n) is 8.25. The van der Waals surface area contributed by atoms with Gasteiger partial charge in [0.1, 0.15) is 0 Å². The van der Waals surface area contributed by atoms with Crippen LogP contribution in [0.1, 0.15) is 28.7 Å². The van der Waals surface area contributed by atoms with Crippen molar-refractivity contribution in [3.05, 3.63) is 52.3 Å². The van der Waals surface area contributed by atoms with Crippen molar-refractivity contribution >= 4 is 29.0 Å². The van der Waals surface area contributed by atoms with Crippen molar-refractivity contribution in [3.8, 4) is 0 Å². The number of aryl methyl sites for hydroxylation is 1. The van der Waals surface area contributed by atoms with Gasteiger partial charge in [0.25, 0.3) is 0 Å². The van der Waals surface area contributed by atoms with Gasteiger partial charge >= 0.3 is 0 Å². The smallest absolute Gasteiger partial charge is 0.238 e. The zero-order valence-electron chi connectivity index (χ0n) is 15.1. The van der Waals surface area contributed by atoms with E-state index < -0.39 is 0 Å². The third-order valence-corrected chi connectivity index (χ3v) is 4.40. The number of nitrogens with zero attached hydrogens (tertiary/aromatic N) is 2. The first-order valence-corrected chi connectivity index (χ1v) is 8.63. The summed E-state index contributed by atoms with van der Waals surface area (Å²) in [7, 11) is 1.76. The summed E-state index contributed by atoms with van der Waals surface area (Å²) in [6, 6.07) is 8.83. The number of ketones is 1. The number of hydrogen-bond donors (Lipinski definition) is 1. The molecule has 1 heterocycles. The van der Waals surface area contributed by atoms with E-state index in [4.69, 9.17) is 11.6 Å². The van der Waals surface area contributed by atoms with Gasteiger partial charge in [0.2, 0.25) is 5.91 Å². The molecule has 0 bridgehead atoms. The lowest BCUT2D eigenvalue weighted by atomic mass is 10.1. The number of anilines is 1. The number of amides is 1. The van der Waals surface area contributed by atoms with E-state index in [1.54, 1.807) is 36.2 Å². The predicted molar refractivity (Wildman–Crippen MR) is 101 cm³/mol. The maximum absolute atomic E-state index is 12.5. The molecule has 2 aromatic rings. The minimum absolute atomic E-state index is 0.0228. The lowest BCUT2D eigenvalue weighted by Crippen LogP contribution is -2.34. The molecule has 0 spiro atoms. The molecule has 1 aromatic heterocycles. The standard InChI is InChI=1S/C19H24ClN3O2/c1-5-23-13(2)10-17(14(23)3)18(24)11-22(4)12-19(25)21-16-8-6-15(20)7-9-16/h6-10H,5,11-12H2,1-4H3,(H,21,25). The van der Waals surface area contributed by atoms with Crippen LogP contribution in [0.25, 0.3) is 0 Å². The monoisotopic (exact) mass is 361 g/mol. The van der Waals surface area contributed by atoms with E-state index in [9.17, 15) is 9.59 Å². The number of halogens is 1. The van der Waals surface area contributed by atoms with Gasteiger partial charge < -0.3 is 9.88 Å². The van der Waals surface area contributed by atoms with Gasteiger partial charge in [0.05, 0.1) is 13.1 Å². The number of Topliss-reactive ketones (excluding diaryl/α,β-unsaturated/α-hetero) is 1. The molecule has 0 aliphatic heterocycles. The highest BCUT2D eigenvalue weighted by Crippen LogP contribution is 2.16. The highest BCUT2D eigenvalue weighted by molar-refractivity contribution is 6.30. The zero-order valence-corrected chi connectivity index (χ0v) is 15.9. The summed E-state index contributed by atoms with van der Waals surface area (Å²) in [5.41, 5.74) is 3.46. The Morgan fingerprint density at radius 2 is 1.80 bits per heavy atom. The van der Waals surface area contributed by atoms with Crippen LogP contribution in [0.5, 0.6) is 0 Å². The second-order valence-electron chi connectivity index (χ2n) is 6.18.